The number of methoxy groups -OCH3 is 3. The molecule has 0 aliphatic rings. The quantitative estimate of drug-likeness (QED) is 0.261. The molecule has 4 aromatic rings. The van der Waals surface area contributed by atoms with Crippen LogP contribution in [-0.4, -0.2) is 74.2 Å². The Hall–Kier alpha value is -4.30. The van der Waals surface area contributed by atoms with E-state index in [4.69, 9.17) is 14.2 Å². The van der Waals surface area contributed by atoms with E-state index in [1.54, 1.807) is 43.3 Å². The number of nitrogens with zero attached hydrogens (tertiary/aromatic N) is 2. The standard InChI is InChI=1S/C32H37N3O5/c1-23-9-12-25(13-10-23)32(37)35(17-18-38-2)22-31(36)34(21-24-11-14-29(39-3)30(19-24)40-4)16-15-26-20-33-28-8-6-5-7-27(26)28/h5-14,19-20,33H,15-18,21-22H2,1-4H3. The summed E-state index contributed by atoms with van der Waals surface area (Å²) >= 11 is 0. The molecule has 1 N–H and O–H groups in total. The fraction of sp³-hybridized carbons (Fsp3) is 0.312. The van der Waals surface area contributed by atoms with Crippen LogP contribution in [0.1, 0.15) is 27.0 Å². The molecule has 0 aliphatic carbocycles. The third-order valence-electron chi connectivity index (χ3n) is 6.98. The molecule has 0 fully saturated rings. The van der Waals surface area contributed by atoms with Crippen molar-refractivity contribution in [2.45, 2.75) is 19.9 Å². The van der Waals surface area contributed by atoms with Crippen molar-refractivity contribution in [2.24, 2.45) is 0 Å². The van der Waals surface area contributed by atoms with Crippen LogP contribution < -0.4 is 9.47 Å². The first-order valence-electron chi connectivity index (χ1n) is 13.3. The average Bonchev–Trinajstić information content (AvgIpc) is 3.40. The molecule has 40 heavy (non-hydrogen) atoms. The van der Waals surface area contributed by atoms with Crippen molar-refractivity contribution >= 4 is 22.7 Å². The van der Waals surface area contributed by atoms with E-state index in [0.29, 0.717) is 49.7 Å². The minimum Gasteiger partial charge on any atom is -0.493 e. The molecule has 3 aromatic carbocycles. The number of aryl methyl sites for hydroxylation is 1. The lowest BCUT2D eigenvalue weighted by Crippen LogP contribution is -2.44. The van der Waals surface area contributed by atoms with Gasteiger partial charge in [0, 0.05) is 49.4 Å². The van der Waals surface area contributed by atoms with Gasteiger partial charge >= 0.3 is 0 Å². The summed E-state index contributed by atoms with van der Waals surface area (Å²) in [6, 6.07) is 21.1. The van der Waals surface area contributed by atoms with E-state index in [1.165, 1.54) is 0 Å². The van der Waals surface area contributed by atoms with Gasteiger partial charge in [-0.3, -0.25) is 9.59 Å². The second-order valence-electron chi connectivity index (χ2n) is 9.70. The monoisotopic (exact) mass is 543 g/mol. The van der Waals surface area contributed by atoms with Gasteiger partial charge in [0.25, 0.3) is 5.91 Å². The van der Waals surface area contributed by atoms with Crippen molar-refractivity contribution < 1.29 is 23.8 Å². The van der Waals surface area contributed by atoms with Gasteiger partial charge in [-0.1, -0.05) is 42.0 Å². The van der Waals surface area contributed by atoms with E-state index in [1.807, 2.05) is 61.7 Å². The molecular formula is C32H37N3O5. The first kappa shape index (κ1) is 28.7. The molecule has 8 heteroatoms. The number of para-hydroxylation sites is 1. The van der Waals surface area contributed by atoms with Crippen LogP contribution >= 0.6 is 0 Å². The second-order valence-corrected chi connectivity index (χ2v) is 9.70. The maximum atomic E-state index is 13.8. The van der Waals surface area contributed by atoms with Crippen LogP contribution in [0.5, 0.6) is 11.5 Å². The maximum absolute atomic E-state index is 13.8. The highest BCUT2D eigenvalue weighted by molar-refractivity contribution is 5.96. The van der Waals surface area contributed by atoms with E-state index in [9.17, 15) is 9.59 Å². The molecule has 1 heterocycles. The van der Waals surface area contributed by atoms with Crippen molar-refractivity contribution in [2.75, 3.05) is 47.6 Å². The molecule has 210 valence electrons. The summed E-state index contributed by atoms with van der Waals surface area (Å²) in [5.41, 5.74) is 4.70. The number of aromatic nitrogens is 1. The van der Waals surface area contributed by atoms with Crippen molar-refractivity contribution in [3.05, 3.63) is 95.2 Å². The summed E-state index contributed by atoms with van der Waals surface area (Å²) in [6.07, 6.45) is 2.66. The number of fused-ring (bicyclic) bond motifs is 1. The third-order valence-corrected chi connectivity index (χ3v) is 6.98. The number of carbonyl (C=O) groups is 2. The highest BCUT2D eigenvalue weighted by Gasteiger charge is 2.23. The topological polar surface area (TPSA) is 84.1 Å². The lowest BCUT2D eigenvalue weighted by atomic mass is 10.1. The molecule has 0 atom stereocenters. The van der Waals surface area contributed by atoms with Crippen molar-refractivity contribution in [1.82, 2.24) is 14.8 Å². The van der Waals surface area contributed by atoms with Crippen LogP contribution in [0, 0.1) is 6.92 Å². The number of amides is 2. The maximum Gasteiger partial charge on any atom is 0.254 e. The van der Waals surface area contributed by atoms with Crippen LogP contribution in [0.15, 0.2) is 72.9 Å². The lowest BCUT2D eigenvalue weighted by molar-refractivity contribution is -0.132. The first-order chi connectivity index (χ1) is 19.4. The summed E-state index contributed by atoms with van der Waals surface area (Å²) in [5.74, 6) is 0.872. The highest BCUT2D eigenvalue weighted by atomic mass is 16.5. The molecule has 0 radical (unpaired) electrons. The highest BCUT2D eigenvalue weighted by Crippen LogP contribution is 2.28. The summed E-state index contributed by atoms with van der Waals surface area (Å²) < 4.78 is 16.1. The Kier molecular flexibility index (Phi) is 9.81. The van der Waals surface area contributed by atoms with Gasteiger partial charge in [-0.05, 0) is 54.8 Å². The second kappa shape index (κ2) is 13.7. The molecule has 0 unspecified atom stereocenters. The predicted molar refractivity (Wildman–Crippen MR) is 156 cm³/mol. The zero-order chi connectivity index (χ0) is 28.5. The number of ether oxygens (including phenoxy) is 3. The Bertz CT molecular complexity index is 1430. The van der Waals surface area contributed by atoms with Crippen molar-refractivity contribution in [3.8, 4) is 11.5 Å². The number of aromatic amines is 1. The van der Waals surface area contributed by atoms with Crippen LogP contribution in [0.4, 0.5) is 0 Å². The normalized spacial score (nSPS) is 10.9. The number of carbonyl (C=O) groups excluding carboxylic acids is 2. The molecule has 1 aromatic heterocycles. The van der Waals surface area contributed by atoms with Gasteiger partial charge in [0.15, 0.2) is 11.5 Å². The SMILES string of the molecule is COCCN(CC(=O)N(CCc1c[nH]c2ccccc12)Cc1ccc(OC)c(OC)c1)C(=O)c1ccc(C)cc1. The van der Waals surface area contributed by atoms with Gasteiger partial charge in [-0.15, -0.1) is 0 Å². The molecule has 0 bridgehead atoms. The van der Waals surface area contributed by atoms with E-state index in [2.05, 4.69) is 11.1 Å². The zero-order valence-electron chi connectivity index (χ0n) is 23.6. The zero-order valence-corrected chi connectivity index (χ0v) is 23.6. The number of hydrogen-bond donors (Lipinski definition) is 1. The van der Waals surface area contributed by atoms with Gasteiger partial charge in [-0.25, -0.2) is 0 Å². The van der Waals surface area contributed by atoms with Gasteiger partial charge in [0.1, 0.15) is 6.54 Å². The lowest BCUT2D eigenvalue weighted by Gasteiger charge is -2.28. The van der Waals surface area contributed by atoms with Gasteiger partial charge in [0.05, 0.1) is 20.8 Å². The fourth-order valence-electron chi connectivity index (χ4n) is 4.68. The molecule has 4 rings (SSSR count). The number of H-pyrrole nitrogens is 1. The fourth-order valence-corrected chi connectivity index (χ4v) is 4.68. The Morgan fingerprint density at radius 3 is 2.33 bits per heavy atom. The average molecular weight is 544 g/mol. The molecule has 0 spiro atoms. The summed E-state index contributed by atoms with van der Waals surface area (Å²) in [6.45, 7) is 3.39. The van der Waals surface area contributed by atoms with E-state index < -0.39 is 0 Å². The Labute approximate surface area is 235 Å². The molecule has 0 saturated carbocycles. The minimum absolute atomic E-state index is 0.0583. The molecular weight excluding hydrogens is 506 g/mol. The van der Waals surface area contributed by atoms with E-state index in [0.717, 1.165) is 27.6 Å². The first-order valence-corrected chi connectivity index (χ1v) is 13.3. The van der Waals surface area contributed by atoms with Crippen LogP contribution in [0.3, 0.4) is 0 Å². The number of rotatable bonds is 13. The van der Waals surface area contributed by atoms with Crippen LogP contribution in [0.2, 0.25) is 0 Å². The van der Waals surface area contributed by atoms with E-state index >= 15 is 0 Å². The molecule has 0 saturated heterocycles. The van der Waals surface area contributed by atoms with Crippen molar-refractivity contribution in [3.63, 3.8) is 0 Å². The number of benzene rings is 3. The van der Waals surface area contributed by atoms with Crippen molar-refractivity contribution in [1.29, 1.82) is 0 Å². The Morgan fingerprint density at radius 1 is 0.850 bits per heavy atom. The molecule has 8 nitrogen and oxygen atoms in total. The number of hydrogen-bond acceptors (Lipinski definition) is 5. The third kappa shape index (κ3) is 7.01. The molecule has 0 aliphatic heterocycles. The summed E-state index contributed by atoms with van der Waals surface area (Å²) in [7, 11) is 4.76. The minimum atomic E-state index is -0.201. The van der Waals surface area contributed by atoms with Crippen LogP contribution in [0.25, 0.3) is 10.9 Å². The van der Waals surface area contributed by atoms with Gasteiger partial charge in [0.2, 0.25) is 5.91 Å². The predicted octanol–water partition coefficient (Wildman–Crippen LogP) is 4.85. The van der Waals surface area contributed by atoms with Gasteiger partial charge in [-0.2, -0.15) is 0 Å². The largest absolute Gasteiger partial charge is 0.493 e. The summed E-state index contributed by atoms with van der Waals surface area (Å²) in [4.78, 5) is 33.9. The smallest absolute Gasteiger partial charge is 0.254 e. The van der Waals surface area contributed by atoms with Crippen LogP contribution in [-0.2, 0) is 22.5 Å². The number of nitrogens with one attached hydrogen (secondary N) is 1. The summed E-state index contributed by atoms with van der Waals surface area (Å²) in [5, 5.41) is 1.14. The Morgan fingerprint density at radius 2 is 1.60 bits per heavy atom. The molecule has 2 amide bonds. The van der Waals surface area contributed by atoms with E-state index in [-0.39, 0.29) is 18.4 Å². The van der Waals surface area contributed by atoms with Gasteiger partial charge < -0.3 is 29.0 Å². The Balaban J connectivity index is 1.58.